The lowest BCUT2D eigenvalue weighted by atomic mass is 10.2. The number of nitrogens with zero attached hydrogens (tertiary/aromatic N) is 4. The molecular formula is C14H19N5O2S. The lowest BCUT2D eigenvalue weighted by molar-refractivity contribution is -0.132. The number of hydrogen-bond acceptors (Lipinski definition) is 7. The van der Waals surface area contributed by atoms with Gasteiger partial charge < -0.3 is 15.2 Å². The minimum atomic E-state index is 0.139. The van der Waals surface area contributed by atoms with Crippen molar-refractivity contribution in [1.29, 1.82) is 0 Å². The molecule has 2 N–H and O–H groups in total. The zero-order valence-electron chi connectivity index (χ0n) is 12.3. The average Bonchev–Trinajstić information content (AvgIpc) is 3.19. The number of nitrogens with two attached hydrogens (primary N) is 1. The van der Waals surface area contributed by atoms with Crippen molar-refractivity contribution in [2.45, 2.75) is 13.0 Å². The first-order valence-electron chi connectivity index (χ1n) is 7.33. The van der Waals surface area contributed by atoms with Gasteiger partial charge in [0.1, 0.15) is 0 Å². The van der Waals surface area contributed by atoms with Crippen LogP contribution in [0.25, 0.3) is 10.7 Å². The molecule has 118 valence electrons. The number of hydrogen-bond donors (Lipinski definition) is 1. The topological polar surface area (TPSA) is 88.5 Å². The van der Waals surface area contributed by atoms with Gasteiger partial charge in [-0.15, -0.1) is 11.3 Å². The molecule has 0 radical (unpaired) electrons. The zero-order chi connectivity index (χ0) is 15.4. The van der Waals surface area contributed by atoms with Crippen molar-refractivity contribution in [3.05, 3.63) is 23.4 Å². The first kappa shape index (κ1) is 15.1. The molecule has 0 saturated carbocycles. The van der Waals surface area contributed by atoms with Crippen LogP contribution in [-0.2, 0) is 11.3 Å². The number of piperazine rings is 1. The van der Waals surface area contributed by atoms with E-state index in [0.29, 0.717) is 31.2 Å². The fraction of sp³-hybridized carbons (Fsp3) is 0.500. The van der Waals surface area contributed by atoms with Crippen LogP contribution < -0.4 is 5.73 Å². The molecule has 0 unspecified atom stereocenters. The standard InChI is InChI=1S/C14H19N5O2S/c15-4-3-13(20)19-7-5-18(6-8-19)10-12-16-14(17-21-12)11-2-1-9-22-11/h1-2,9H,3-8,10,15H2. The number of amides is 1. The summed E-state index contributed by atoms with van der Waals surface area (Å²) in [5, 5.41) is 6.00. The van der Waals surface area contributed by atoms with Gasteiger partial charge in [0.2, 0.25) is 17.6 Å². The molecule has 1 fully saturated rings. The SMILES string of the molecule is NCCC(=O)N1CCN(Cc2nc(-c3cccs3)no2)CC1. The Hall–Kier alpha value is -1.77. The van der Waals surface area contributed by atoms with Crippen LogP contribution in [0.5, 0.6) is 0 Å². The number of rotatable bonds is 5. The minimum absolute atomic E-state index is 0.139. The molecule has 0 atom stereocenters. The van der Waals surface area contributed by atoms with Gasteiger partial charge in [-0.25, -0.2) is 0 Å². The summed E-state index contributed by atoms with van der Waals surface area (Å²) in [6, 6.07) is 3.94. The Bertz CT molecular complexity index is 605. The first-order chi connectivity index (χ1) is 10.8. The Balaban J connectivity index is 1.52. The van der Waals surface area contributed by atoms with Crippen molar-refractivity contribution in [2.24, 2.45) is 5.73 Å². The van der Waals surface area contributed by atoms with Crippen LogP contribution in [0.3, 0.4) is 0 Å². The molecule has 22 heavy (non-hydrogen) atoms. The molecule has 1 aliphatic rings. The molecule has 7 nitrogen and oxygen atoms in total. The van der Waals surface area contributed by atoms with Crippen molar-refractivity contribution >= 4 is 17.2 Å². The highest BCUT2D eigenvalue weighted by Crippen LogP contribution is 2.21. The molecule has 0 aromatic carbocycles. The largest absolute Gasteiger partial charge is 0.340 e. The van der Waals surface area contributed by atoms with Crippen molar-refractivity contribution in [2.75, 3.05) is 32.7 Å². The molecule has 8 heteroatoms. The predicted molar refractivity (Wildman–Crippen MR) is 83.1 cm³/mol. The number of thiophene rings is 1. The maximum Gasteiger partial charge on any atom is 0.241 e. The smallest absolute Gasteiger partial charge is 0.241 e. The Labute approximate surface area is 132 Å². The van der Waals surface area contributed by atoms with E-state index < -0.39 is 0 Å². The molecule has 2 aromatic rings. The van der Waals surface area contributed by atoms with Crippen molar-refractivity contribution in [3.63, 3.8) is 0 Å². The van der Waals surface area contributed by atoms with Gasteiger partial charge in [-0.2, -0.15) is 4.98 Å². The van der Waals surface area contributed by atoms with E-state index in [4.69, 9.17) is 10.3 Å². The second kappa shape index (κ2) is 6.99. The van der Waals surface area contributed by atoms with Crippen LogP contribution in [0.4, 0.5) is 0 Å². The number of aromatic nitrogens is 2. The molecule has 0 bridgehead atoms. The van der Waals surface area contributed by atoms with E-state index in [2.05, 4.69) is 15.0 Å². The van der Waals surface area contributed by atoms with Crippen LogP contribution >= 0.6 is 11.3 Å². The van der Waals surface area contributed by atoms with E-state index in [1.807, 2.05) is 22.4 Å². The summed E-state index contributed by atoms with van der Waals surface area (Å²) in [6.07, 6.45) is 0.424. The van der Waals surface area contributed by atoms with Crippen molar-refractivity contribution in [3.8, 4) is 10.7 Å². The summed E-state index contributed by atoms with van der Waals surface area (Å²) in [7, 11) is 0. The molecular weight excluding hydrogens is 302 g/mol. The van der Waals surface area contributed by atoms with Crippen LogP contribution in [0.2, 0.25) is 0 Å². The Morgan fingerprint density at radius 2 is 2.18 bits per heavy atom. The van der Waals surface area contributed by atoms with Gasteiger partial charge in [-0.1, -0.05) is 11.2 Å². The highest BCUT2D eigenvalue weighted by molar-refractivity contribution is 7.13. The van der Waals surface area contributed by atoms with E-state index in [1.54, 1.807) is 11.3 Å². The Morgan fingerprint density at radius 1 is 1.36 bits per heavy atom. The van der Waals surface area contributed by atoms with E-state index >= 15 is 0 Å². The van der Waals surface area contributed by atoms with Crippen molar-refractivity contribution in [1.82, 2.24) is 19.9 Å². The number of carbonyl (C=O) groups is 1. The lowest BCUT2D eigenvalue weighted by Gasteiger charge is -2.33. The third-order valence-corrected chi connectivity index (χ3v) is 4.52. The summed E-state index contributed by atoms with van der Waals surface area (Å²) < 4.78 is 5.31. The second-order valence-electron chi connectivity index (χ2n) is 5.18. The molecule has 0 spiro atoms. The van der Waals surface area contributed by atoms with Gasteiger partial charge in [0.25, 0.3) is 0 Å². The molecule has 3 heterocycles. The normalized spacial score (nSPS) is 16.1. The van der Waals surface area contributed by atoms with E-state index in [-0.39, 0.29) is 5.91 Å². The Kier molecular flexibility index (Phi) is 4.81. The van der Waals surface area contributed by atoms with Gasteiger partial charge >= 0.3 is 0 Å². The van der Waals surface area contributed by atoms with Gasteiger partial charge in [-0.3, -0.25) is 9.69 Å². The van der Waals surface area contributed by atoms with E-state index in [1.165, 1.54) is 0 Å². The average molecular weight is 321 g/mol. The second-order valence-corrected chi connectivity index (χ2v) is 6.13. The van der Waals surface area contributed by atoms with Gasteiger partial charge in [0, 0.05) is 39.1 Å². The molecule has 1 aliphatic heterocycles. The first-order valence-corrected chi connectivity index (χ1v) is 8.21. The van der Waals surface area contributed by atoms with Crippen molar-refractivity contribution < 1.29 is 9.32 Å². The predicted octanol–water partition coefficient (Wildman–Crippen LogP) is 0.791. The molecule has 0 aliphatic carbocycles. The molecule has 2 aromatic heterocycles. The molecule has 1 amide bonds. The van der Waals surface area contributed by atoms with E-state index in [9.17, 15) is 4.79 Å². The van der Waals surface area contributed by atoms with Crippen LogP contribution in [-0.4, -0.2) is 58.6 Å². The summed E-state index contributed by atoms with van der Waals surface area (Å²) in [5.74, 6) is 1.40. The highest BCUT2D eigenvalue weighted by Gasteiger charge is 2.22. The summed E-state index contributed by atoms with van der Waals surface area (Å²) in [6.45, 7) is 4.11. The minimum Gasteiger partial charge on any atom is -0.340 e. The third-order valence-electron chi connectivity index (χ3n) is 3.65. The molecule has 1 saturated heterocycles. The summed E-state index contributed by atoms with van der Waals surface area (Å²) in [4.78, 5) is 21.3. The third kappa shape index (κ3) is 3.52. The quantitative estimate of drug-likeness (QED) is 0.876. The highest BCUT2D eigenvalue weighted by atomic mass is 32.1. The molecule has 3 rings (SSSR count). The fourth-order valence-corrected chi connectivity index (χ4v) is 3.10. The van der Waals surface area contributed by atoms with Crippen LogP contribution in [0, 0.1) is 0 Å². The maximum atomic E-state index is 11.8. The fourth-order valence-electron chi connectivity index (χ4n) is 2.45. The van der Waals surface area contributed by atoms with Crippen LogP contribution in [0.15, 0.2) is 22.0 Å². The van der Waals surface area contributed by atoms with Gasteiger partial charge in [0.05, 0.1) is 11.4 Å². The Morgan fingerprint density at radius 3 is 2.86 bits per heavy atom. The van der Waals surface area contributed by atoms with Gasteiger partial charge in [0.15, 0.2) is 0 Å². The summed E-state index contributed by atoms with van der Waals surface area (Å²) >= 11 is 1.59. The summed E-state index contributed by atoms with van der Waals surface area (Å²) in [5.41, 5.74) is 5.42. The maximum absolute atomic E-state index is 11.8. The monoisotopic (exact) mass is 321 g/mol. The zero-order valence-corrected chi connectivity index (χ0v) is 13.1. The lowest BCUT2D eigenvalue weighted by Crippen LogP contribution is -2.48. The number of carbonyl (C=O) groups excluding carboxylic acids is 1. The van der Waals surface area contributed by atoms with Crippen LogP contribution in [0.1, 0.15) is 12.3 Å². The van der Waals surface area contributed by atoms with Gasteiger partial charge in [-0.05, 0) is 11.4 Å². The van der Waals surface area contributed by atoms with E-state index in [0.717, 1.165) is 31.1 Å².